The molecule has 0 amide bonds. The Labute approximate surface area is 151 Å². The summed E-state index contributed by atoms with van der Waals surface area (Å²) in [6.45, 7) is 0. The molecular weight excluding hydrogens is 326 g/mol. The van der Waals surface area contributed by atoms with Gasteiger partial charge in [0.15, 0.2) is 0 Å². The Bertz CT molecular complexity index is 1030. The van der Waals surface area contributed by atoms with Crippen LogP contribution in [0.1, 0.15) is 17.4 Å². The van der Waals surface area contributed by atoms with Crippen molar-refractivity contribution < 1.29 is 4.74 Å². The molecule has 6 nitrogen and oxygen atoms in total. The Kier molecular flexibility index (Phi) is 4.23. The predicted molar refractivity (Wildman–Crippen MR) is 101 cm³/mol. The summed E-state index contributed by atoms with van der Waals surface area (Å²) in [6.07, 6.45) is 5.47. The fraction of sp³-hybridized carbons (Fsp3) is 0.150. The Morgan fingerprint density at radius 3 is 2.46 bits per heavy atom. The number of nitrogens with one attached hydrogen (secondary N) is 1. The fourth-order valence-electron chi connectivity index (χ4n) is 2.92. The molecule has 1 atom stereocenters. The molecule has 4 rings (SSSR count). The van der Waals surface area contributed by atoms with E-state index in [0.717, 1.165) is 28.2 Å². The Morgan fingerprint density at radius 2 is 1.77 bits per heavy atom. The molecule has 0 spiro atoms. The lowest BCUT2D eigenvalue weighted by Crippen LogP contribution is -2.17. The lowest BCUT2D eigenvalue weighted by Gasteiger charge is -2.20. The zero-order valence-corrected chi connectivity index (χ0v) is 14.6. The van der Waals surface area contributed by atoms with E-state index < -0.39 is 0 Å². The number of hydrogen-bond acceptors (Lipinski definition) is 5. The molecule has 0 saturated heterocycles. The highest BCUT2D eigenvalue weighted by Gasteiger charge is 2.19. The van der Waals surface area contributed by atoms with Crippen molar-refractivity contribution in [2.24, 2.45) is 7.05 Å². The van der Waals surface area contributed by atoms with E-state index in [1.54, 1.807) is 19.5 Å². The van der Waals surface area contributed by atoms with E-state index in [-0.39, 0.29) is 6.04 Å². The van der Waals surface area contributed by atoms with E-state index in [1.807, 2.05) is 66.3 Å². The van der Waals surface area contributed by atoms with Crippen molar-refractivity contribution in [2.75, 3.05) is 12.4 Å². The molecule has 0 fully saturated rings. The maximum Gasteiger partial charge on any atom is 0.146 e. The quantitative estimate of drug-likeness (QED) is 0.599. The van der Waals surface area contributed by atoms with Crippen molar-refractivity contribution in [3.8, 4) is 5.75 Å². The van der Waals surface area contributed by atoms with E-state index in [2.05, 4.69) is 20.3 Å². The molecule has 1 N–H and O–H groups in total. The number of hydrogen-bond donors (Lipinski definition) is 1. The number of rotatable bonds is 5. The first-order valence-electron chi connectivity index (χ1n) is 8.34. The van der Waals surface area contributed by atoms with Crippen molar-refractivity contribution in [3.05, 3.63) is 78.5 Å². The number of methoxy groups -OCH3 is 1. The summed E-state index contributed by atoms with van der Waals surface area (Å²) >= 11 is 0. The van der Waals surface area contributed by atoms with E-state index >= 15 is 0 Å². The summed E-state index contributed by atoms with van der Waals surface area (Å²) in [5.74, 6) is 2.41. The zero-order chi connectivity index (χ0) is 17.9. The Morgan fingerprint density at radius 1 is 1.00 bits per heavy atom. The second kappa shape index (κ2) is 6.84. The highest BCUT2D eigenvalue weighted by Crippen LogP contribution is 2.26. The van der Waals surface area contributed by atoms with Gasteiger partial charge in [-0.05, 0) is 29.8 Å². The molecule has 0 radical (unpaired) electrons. The van der Waals surface area contributed by atoms with Crippen molar-refractivity contribution in [2.45, 2.75) is 6.04 Å². The van der Waals surface area contributed by atoms with Crippen molar-refractivity contribution in [3.63, 3.8) is 0 Å². The molecule has 0 aliphatic heterocycles. The minimum Gasteiger partial charge on any atom is -0.497 e. The second-order valence-electron chi connectivity index (χ2n) is 5.99. The highest BCUT2D eigenvalue weighted by atomic mass is 16.5. The van der Waals surface area contributed by atoms with Crippen LogP contribution in [-0.4, -0.2) is 26.6 Å². The van der Waals surface area contributed by atoms with Gasteiger partial charge in [-0.2, -0.15) is 0 Å². The monoisotopic (exact) mass is 345 g/mol. The number of fused-ring (bicyclic) bond motifs is 1. The molecular formula is C20H19N5O. The summed E-state index contributed by atoms with van der Waals surface area (Å²) in [7, 11) is 3.64. The minimum absolute atomic E-state index is 0.156. The molecule has 1 unspecified atom stereocenters. The number of nitrogens with zero attached hydrogens (tertiary/aromatic N) is 4. The molecule has 2 aromatic carbocycles. The van der Waals surface area contributed by atoms with Gasteiger partial charge in [-0.1, -0.05) is 24.3 Å². The van der Waals surface area contributed by atoms with Crippen molar-refractivity contribution >= 4 is 16.9 Å². The first-order chi connectivity index (χ1) is 12.7. The Balaban J connectivity index is 1.73. The van der Waals surface area contributed by atoms with Gasteiger partial charge in [0.2, 0.25) is 0 Å². The molecule has 26 heavy (non-hydrogen) atoms. The maximum atomic E-state index is 5.27. The lowest BCUT2D eigenvalue weighted by atomic mass is 10.1. The topological polar surface area (TPSA) is 64.9 Å². The van der Waals surface area contributed by atoms with Crippen LogP contribution >= 0.6 is 0 Å². The smallest absolute Gasteiger partial charge is 0.146 e. The molecule has 130 valence electrons. The average Bonchev–Trinajstić information content (AvgIpc) is 3.12. The molecule has 4 aromatic rings. The van der Waals surface area contributed by atoms with Crippen LogP contribution in [0.3, 0.4) is 0 Å². The first-order valence-corrected chi connectivity index (χ1v) is 8.34. The third-order valence-corrected chi connectivity index (χ3v) is 4.31. The van der Waals surface area contributed by atoms with Gasteiger partial charge in [0.1, 0.15) is 23.4 Å². The van der Waals surface area contributed by atoms with Gasteiger partial charge in [-0.25, -0.2) is 9.97 Å². The van der Waals surface area contributed by atoms with E-state index in [0.29, 0.717) is 5.82 Å². The van der Waals surface area contributed by atoms with E-state index in [9.17, 15) is 0 Å². The van der Waals surface area contributed by atoms with E-state index in [1.165, 1.54) is 0 Å². The number of anilines is 1. The van der Waals surface area contributed by atoms with Gasteiger partial charge in [0.25, 0.3) is 0 Å². The number of ether oxygens (including phenoxy) is 1. The molecule has 0 saturated carbocycles. The SMILES string of the molecule is COc1ccc(C(Nc2cnc3ccccc3n2)c2nccn2C)cc1. The van der Waals surface area contributed by atoms with Crippen LogP contribution in [0.2, 0.25) is 0 Å². The van der Waals surface area contributed by atoms with Crippen LogP contribution in [0.4, 0.5) is 5.82 Å². The lowest BCUT2D eigenvalue weighted by molar-refractivity contribution is 0.414. The van der Waals surface area contributed by atoms with Gasteiger partial charge >= 0.3 is 0 Å². The van der Waals surface area contributed by atoms with Crippen LogP contribution < -0.4 is 10.1 Å². The largest absolute Gasteiger partial charge is 0.497 e. The maximum absolute atomic E-state index is 5.27. The van der Waals surface area contributed by atoms with Gasteiger partial charge < -0.3 is 14.6 Å². The molecule has 0 aliphatic carbocycles. The fourth-order valence-corrected chi connectivity index (χ4v) is 2.92. The van der Waals surface area contributed by atoms with Crippen molar-refractivity contribution in [1.29, 1.82) is 0 Å². The number of aromatic nitrogens is 4. The molecule has 2 aromatic heterocycles. The Hall–Kier alpha value is -3.41. The summed E-state index contributed by atoms with van der Waals surface area (Å²) in [4.78, 5) is 13.7. The van der Waals surface area contributed by atoms with Crippen LogP contribution in [0.5, 0.6) is 5.75 Å². The van der Waals surface area contributed by atoms with Crippen LogP contribution in [-0.2, 0) is 7.05 Å². The highest BCUT2D eigenvalue weighted by molar-refractivity contribution is 5.75. The molecule has 0 aliphatic rings. The molecule has 0 bridgehead atoms. The molecule has 6 heteroatoms. The normalized spacial score (nSPS) is 12.1. The second-order valence-corrected chi connectivity index (χ2v) is 5.99. The van der Waals surface area contributed by atoms with E-state index in [4.69, 9.17) is 4.74 Å². The first kappa shape index (κ1) is 16.1. The standard InChI is InChI=1S/C20H19N5O/c1-25-12-11-21-20(25)19(14-7-9-15(26-2)10-8-14)24-18-13-22-16-5-3-4-6-17(16)23-18/h3-13,19H,1-2H3,(H,23,24). The number of benzene rings is 2. The van der Waals surface area contributed by atoms with Gasteiger partial charge in [-0.15, -0.1) is 0 Å². The third-order valence-electron chi connectivity index (χ3n) is 4.31. The number of para-hydroxylation sites is 2. The van der Waals surface area contributed by atoms with Crippen LogP contribution in [0.25, 0.3) is 11.0 Å². The summed E-state index contributed by atoms with van der Waals surface area (Å²) in [5, 5.41) is 3.47. The summed E-state index contributed by atoms with van der Waals surface area (Å²) in [6, 6.07) is 15.6. The van der Waals surface area contributed by atoms with Crippen molar-refractivity contribution in [1.82, 2.24) is 19.5 Å². The average molecular weight is 345 g/mol. The summed E-state index contributed by atoms with van der Waals surface area (Å²) in [5.41, 5.74) is 2.79. The van der Waals surface area contributed by atoms with Gasteiger partial charge in [-0.3, -0.25) is 4.98 Å². The van der Waals surface area contributed by atoms with Crippen LogP contribution in [0, 0.1) is 0 Å². The third kappa shape index (κ3) is 3.09. The minimum atomic E-state index is -0.156. The van der Waals surface area contributed by atoms with Gasteiger partial charge in [0, 0.05) is 19.4 Å². The number of aryl methyl sites for hydroxylation is 1. The zero-order valence-electron chi connectivity index (χ0n) is 14.6. The number of imidazole rings is 1. The van der Waals surface area contributed by atoms with Crippen LogP contribution in [0.15, 0.2) is 67.1 Å². The molecule has 2 heterocycles. The summed E-state index contributed by atoms with van der Waals surface area (Å²) < 4.78 is 7.26. The van der Waals surface area contributed by atoms with Gasteiger partial charge in [0.05, 0.1) is 24.3 Å². The predicted octanol–water partition coefficient (Wildman–Crippen LogP) is 3.57.